The van der Waals surface area contributed by atoms with Crippen LogP contribution < -0.4 is 10.6 Å². The van der Waals surface area contributed by atoms with E-state index in [2.05, 4.69) is 0 Å². The molecule has 2 rings (SSSR count). The molecule has 1 atom stereocenters. The number of anilines is 1. The highest BCUT2D eigenvalue weighted by Gasteiger charge is 2.21. The van der Waals surface area contributed by atoms with Gasteiger partial charge in [0.05, 0.1) is 11.7 Å². The molecule has 1 unspecified atom stereocenters. The van der Waals surface area contributed by atoms with Crippen LogP contribution in [0, 0.1) is 12.7 Å². The molecule has 1 heterocycles. The second-order valence-electron chi connectivity index (χ2n) is 4.26. The van der Waals surface area contributed by atoms with Gasteiger partial charge >= 0.3 is 0 Å². The van der Waals surface area contributed by atoms with Crippen molar-refractivity contribution in [1.29, 1.82) is 0 Å². The fraction of sp³-hybridized carbons (Fsp3) is 0.286. The molecule has 2 aromatic rings. The predicted octanol–water partition coefficient (Wildman–Crippen LogP) is 2.86. The van der Waals surface area contributed by atoms with Crippen LogP contribution in [0.3, 0.4) is 0 Å². The van der Waals surface area contributed by atoms with Gasteiger partial charge in [-0.25, -0.2) is 4.39 Å². The van der Waals surface area contributed by atoms with Crippen LogP contribution in [0.15, 0.2) is 40.8 Å². The Morgan fingerprint density at radius 3 is 2.56 bits per heavy atom. The molecule has 0 aliphatic heterocycles. The largest absolute Gasteiger partial charge is 0.464 e. The molecule has 0 saturated heterocycles. The Kier molecular flexibility index (Phi) is 3.67. The number of para-hydroxylation sites is 1. The number of benzene rings is 1. The molecule has 96 valence electrons. The fourth-order valence-corrected chi connectivity index (χ4v) is 2.00. The molecule has 0 bridgehead atoms. The third-order valence-corrected chi connectivity index (χ3v) is 3.01. The maximum atomic E-state index is 13.7. The summed E-state index contributed by atoms with van der Waals surface area (Å²) in [5.74, 6) is 1.31. The molecule has 0 aliphatic carbocycles. The summed E-state index contributed by atoms with van der Waals surface area (Å²) in [4.78, 5) is 1.80. The Balaban J connectivity index is 2.31. The summed E-state index contributed by atoms with van der Waals surface area (Å²) in [6.45, 7) is 2.23. The van der Waals surface area contributed by atoms with Crippen molar-refractivity contribution in [1.82, 2.24) is 0 Å². The average Bonchev–Trinajstić information content (AvgIpc) is 2.77. The Hall–Kier alpha value is -1.81. The van der Waals surface area contributed by atoms with E-state index in [0.717, 1.165) is 11.5 Å². The van der Waals surface area contributed by atoms with Crippen LogP contribution in [0.1, 0.15) is 17.6 Å². The van der Waals surface area contributed by atoms with E-state index in [1.54, 1.807) is 23.1 Å². The van der Waals surface area contributed by atoms with Gasteiger partial charge in [0.2, 0.25) is 0 Å². The van der Waals surface area contributed by atoms with Gasteiger partial charge in [0.25, 0.3) is 0 Å². The standard InChI is InChI=1S/C14H17FN2O/c1-10-7-8-14(18-10)13(9-16)17(2)12-6-4-3-5-11(12)15/h3-8,13H,9,16H2,1-2H3. The van der Waals surface area contributed by atoms with E-state index in [1.165, 1.54) is 6.07 Å². The van der Waals surface area contributed by atoms with Crippen LogP contribution in [0.4, 0.5) is 10.1 Å². The van der Waals surface area contributed by atoms with Crippen LogP contribution in [0.5, 0.6) is 0 Å². The highest BCUT2D eigenvalue weighted by molar-refractivity contribution is 5.48. The molecule has 1 aromatic carbocycles. The molecule has 0 saturated carbocycles. The van der Waals surface area contributed by atoms with E-state index in [1.807, 2.05) is 26.1 Å². The van der Waals surface area contributed by atoms with E-state index < -0.39 is 0 Å². The third kappa shape index (κ3) is 2.38. The van der Waals surface area contributed by atoms with Crippen LogP contribution in [-0.2, 0) is 0 Å². The second-order valence-corrected chi connectivity index (χ2v) is 4.26. The normalized spacial score (nSPS) is 12.4. The lowest BCUT2D eigenvalue weighted by molar-refractivity contribution is 0.439. The van der Waals surface area contributed by atoms with Crippen molar-refractivity contribution in [3.05, 3.63) is 53.7 Å². The molecule has 18 heavy (non-hydrogen) atoms. The van der Waals surface area contributed by atoms with E-state index >= 15 is 0 Å². The van der Waals surface area contributed by atoms with Gasteiger partial charge in [-0.05, 0) is 31.2 Å². The minimum Gasteiger partial charge on any atom is -0.464 e. The van der Waals surface area contributed by atoms with Gasteiger partial charge in [0.15, 0.2) is 0 Å². The molecular formula is C14H17FN2O. The van der Waals surface area contributed by atoms with Gasteiger partial charge < -0.3 is 15.1 Å². The SMILES string of the molecule is Cc1ccc(C(CN)N(C)c2ccccc2F)o1. The Labute approximate surface area is 106 Å². The van der Waals surface area contributed by atoms with Crippen LogP contribution in [0.25, 0.3) is 0 Å². The monoisotopic (exact) mass is 248 g/mol. The molecule has 2 N–H and O–H groups in total. The number of nitrogens with zero attached hydrogens (tertiary/aromatic N) is 1. The van der Waals surface area contributed by atoms with Gasteiger partial charge in [-0.1, -0.05) is 12.1 Å². The summed E-state index contributed by atoms with van der Waals surface area (Å²) in [5, 5.41) is 0. The maximum absolute atomic E-state index is 13.7. The Bertz CT molecular complexity index is 524. The van der Waals surface area contributed by atoms with E-state index in [9.17, 15) is 4.39 Å². The first-order valence-electron chi connectivity index (χ1n) is 5.87. The number of hydrogen-bond donors (Lipinski definition) is 1. The summed E-state index contributed by atoms with van der Waals surface area (Å²) >= 11 is 0. The number of likely N-dealkylation sites (N-methyl/N-ethyl adjacent to an activating group) is 1. The lowest BCUT2D eigenvalue weighted by atomic mass is 10.1. The summed E-state index contributed by atoms with van der Waals surface area (Å²) in [6, 6.07) is 10.2. The Morgan fingerprint density at radius 1 is 1.28 bits per heavy atom. The van der Waals surface area contributed by atoms with Gasteiger partial charge in [-0.2, -0.15) is 0 Å². The van der Waals surface area contributed by atoms with Crippen molar-refractivity contribution in [2.24, 2.45) is 5.73 Å². The highest BCUT2D eigenvalue weighted by Crippen LogP contribution is 2.27. The van der Waals surface area contributed by atoms with Crippen molar-refractivity contribution < 1.29 is 8.81 Å². The van der Waals surface area contributed by atoms with Crippen molar-refractivity contribution in [2.75, 3.05) is 18.5 Å². The minimum absolute atomic E-state index is 0.171. The van der Waals surface area contributed by atoms with E-state index in [0.29, 0.717) is 12.2 Å². The molecular weight excluding hydrogens is 231 g/mol. The second kappa shape index (κ2) is 5.23. The summed E-state index contributed by atoms with van der Waals surface area (Å²) in [5.41, 5.74) is 6.29. The summed E-state index contributed by atoms with van der Waals surface area (Å²) < 4.78 is 19.3. The highest BCUT2D eigenvalue weighted by atomic mass is 19.1. The van der Waals surface area contributed by atoms with Crippen molar-refractivity contribution in [2.45, 2.75) is 13.0 Å². The van der Waals surface area contributed by atoms with E-state index in [4.69, 9.17) is 10.2 Å². The molecule has 4 heteroatoms. The maximum Gasteiger partial charge on any atom is 0.146 e. The van der Waals surface area contributed by atoms with Crippen LogP contribution in [0.2, 0.25) is 0 Å². The molecule has 3 nitrogen and oxygen atoms in total. The summed E-state index contributed by atoms with van der Waals surface area (Å²) in [7, 11) is 1.81. The van der Waals surface area contributed by atoms with Crippen LogP contribution in [-0.4, -0.2) is 13.6 Å². The molecule has 0 aliphatic rings. The lowest BCUT2D eigenvalue weighted by Gasteiger charge is -2.27. The first-order valence-corrected chi connectivity index (χ1v) is 5.87. The molecule has 0 amide bonds. The van der Waals surface area contributed by atoms with Gasteiger partial charge in [0.1, 0.15) is 17.3 Å². The average molecular weight is 248 g/mol. The molecule has 0 spiro atoms. The third-order valence-electron chi connectivity index (χ3n) is 3.01. The first-order chi connectivity index (χ1) is 8.63. The quantitative estimate of drug-likeness (QED) is 0.904. The number of nitrogens with two attached hydrogens (primary N) is 1. The smallest absolute Gasteiger partial charge is 0.146 e. The van der Waals surface area contributed by atoms with Crippen molar-refractivity contribution in [3.63, 3.8) is 0 Å². The van der Waals surface area contributed by atoms with Crippen molar-refractivity contribution in [3.8, 4) is 0 Å². The molecule has 0 radical (unpaired) electrons. The van der Waals surface area contributed by atoms with E-state index in [-0.39, 0.29) is 11.9 Å². The zero-order valence-electron chi connectivity index (χ0n) is 10.6. The number of furan rings is 1. The summed E-state index contributed by atoms with van der Waals surface area (Å²) in [6.07, 6.45) is 0. The number of halogens is 1. The van der Waals surface area contributed by atoms with Gasteiger partial charge in [-0.3, -0.25) is 0 Å². The zero-order valence-corrected chi connectivity index (χ0v) is 10.6. The molecule has 1 aromatic heterocycles. The topological polar surface area (TPSA) is 42.4 Å². The van der Waals surface area contributed by atoms with Gasteiger partial charge in [-0.15, -0.1) is 0 Å². The zero-order chi connectivity index (χ0) is 13.1. The van der Waals surface area contributed by atoms with Crippen molar-refractivity contribution >= 4 is 5.69 Å². The number of rotatable bonds is 4. The minimum atomic E-state index is -0.262. The fourth-order valence-electron chi connectivity index (χ4n) is 2.00. The van der Waals surface area contributed by atoms with Crippen LogP contribution >= 0.6 is 0 Å². The number of aryl methyl sites for hydroxylation is 1. The molecule has 0 fully saturated rings. The Morgan fingerprint density at radius 2 is 2.00 bits per heavy atom. The lowest BCUT2D eigenvalue weighted by Crippen LogP contribution is -2.30. The van der Waals surface area contributed by atoms with Gasteiger partial charge in [0, 0.05) is 13.6 Å². The number of hydrogen-bond acceptors (Lipinski definition) is 3. The first kappa shape index (κ1) is 12.6. The predicted molar refractivity (Wildman–Crippen MR) is 70.0 cm³/mol.